The molecular weight excluding hydrogens is 273 g/mol. The zero-order valence-corrected chi connectivity index (χ0v) is 12.1. The van der Waals surface area contributed by atoms with E-state index in [1.54, 1.807) is 13.0 Å². The van der Waals surface area contributed by atoms with Crippen molar-refractivity contribution in [1.82, 2.24) is 0 Å². The van der Waals surface area contributed by atoms with Gasteiger partial charge in [0.25, 0.3) is 0 Å². The third-order valence-corrected chi connectivity index (χ3v) is 4.20. The molecule has 1 saturated carbocycles. The lowest BCUT2D eigenvalue weighted by Gasteiger charge is -2.32. The first-order valence-corrected chi connectivity index (χ1v) is 7.22. The van der Waals surface area contributed by atoms with Crippen LogP contribution in [-0.2, 0) is 9.59 Å². The summed E-state index contributed by atoms with van der Waals surface area (Å²) >= 11 is 0. The van der Waals surface area contributed by atoms with E-state index in [4.69, 9.17) is 0 Å². The van der Waals surface area contributed by atoms with Crippen LogP contribution in [0.25, 0.3) is 0 Å². The van der Waals surface area contributed by atoms with Crippen LogP contribution in [0.3, 0.4) is 0 Å². The Hall–Kier alpha value is -1.91. The van der Waals surface area contributed by atoms with E-state index in [0.717, 1.165) is 19.3 Å². The lowest BCUT2D eigenvalue weighted by Crippen LogP contribution is -2.37. The summed E-state index contributed by atoms with van der Waals surface area (Å²) in [5.74, 6) is -1.56. The molecule has 114 valence electrons. The Bertz CT molecular complexity index is 550. The van der Waals surface area contributed by atoms with Crippen LogP contribution in [0.2, 0.25) is 0 Å². The largest absolute Gasteiger partial charge is 0.481 e. The highest BCUT2D eigenvalue weighted by atomic mass is 19.1. The normalized spacial score (nSPS) is 17.2. The van der Waals surface area contributed by atoms with Gasteiger partial charge in [-0.1, -0.05) is 19.3 Å². The topological polar surface area (TPSA) is 66.4 Å². The zero-order chi connectivity index (χ0) is 15.5. The smallest absolute Gasteiger partial charge is 0.310 e. The predicted molar refractivity (Wildman–Crippen MR) is 77.5 cm³/mol. The van der Waals surface area contributed by atoms with Crippen molar-refractivity contribution in [2.45, 2.75) is 45.4 Å². The van der Waals surface area contributed by atoms with Gasteiger partial charge in [0.05, 0.1) is 5.41 Å². The quantitative estimate of drug-likeness (QED) is 0.893. The van der Waals surface area contributed by atoms with E-state index < -0.39 is 11.4 Å². The van der Waals surface area contributed by atoms with Gasteiger partial charge in [-0.2, -0.15) is 0 Å². The zero-order valence-electron chi connectivity index (χ0n) is 12.1. The summed E-state index contributed by atoms with van der Waals surface area (Å²) in [6.07, 6.45) is 3.76. The maximum absolute atomic E-state index is 13.2. The first-order chi connectivity index (χ1) is 9.93. The van der Waals surface area contributed by atoms with Gasteiger partial charge >= 0.3 is 5.97 Å². The van der Waals surface area contributed by atoms with Crippen molar-refractivity contribution in [2.24, 2.45) is 5.41 Å². The van der Waals surface area contributed by atoms with Gasteiger partial charge in [-0.05, 0) is 43.5 Å². The van der Waals surface area contributed by atoms with Gasteiger partial charge in [0.15, 0.2) is 0 Å². The van der Waals surface area contributed by atoms with Gasteiger partial charge in [-0.15, -0.1) is 0 Å². The summed E-state index contributed by atoms with van der Waals surface area (Å²) < 4.78 is 13.2. The number of carboxylic acid groups (broad SMARTS) is 1. The highest BCUT2D eigenvalue weighted by Crippen LogP contribution is 2.39. The van der Waals surface area contributed by atoms with Crippen LogP contribution >= 0.6 is 0 Å². The average Bonchev–Trinajstić information content (AvgIpc) is 2.43. The predicted octanol–water partition coefficient (Wildman–Crippen LogP) is 3.50. The minimum atomic E-state index is -0.947. The number of benzene rings is 1. The van der Waals surface area contributed by atoms with E-state index in [9.17, 15) is 19.1 Å². The second-order valence-electron chi connectivity index (χ2n) is 5.84. The summed E-state index contributed by atoms with van der Waals surface area (Å²) in [6, 6.07) is 4.31. The molecule has 0 saturated heterocycles. The Labute approximate surface area is 123 Å². The molecule has 4 nitrogen and oxygen atoms in total. The molecule has 0 aliphatic heterocycles. The molecule has 1 fully saturated rings. The second kappa shape index (κ2) is 6.24. The number of hydrogen-bond acceptors (Lipinski definition) is 2. The van der Waals surface area contributed by atoms with Crippen molar-refractivity contribution in [1.29, 1.82) is 0 Å². The Balaban J connectivity index is 2.05. The van der Waals surface area contributed by atoms with Crippen LogP contribution in [0, 0.1) is 18.2 Å². The fourth-order valence-corrected chi connectivity index (χ4v) is 2.93. The fourth-order valence-electron chi connectivity index (χ4n) is 2.93. The molecule has 2 N–H and O–H groups in total. The summed E-state index contributed by atoms with van der Waals surface area (Å²) in [5, 5.41) is 12.1. The molecule has 0 spiro atoms. The average molecular weight is 293 g/mol. The SMILES string of the molecule is Cc1cc(NC(=O)CC2(C(=O)O)CCCCC2)ccc1F. The van der Waals surface area contributed by atoms with Gasteiger partial charge < -0.3 is 10.4 Å². The number of halogens is 1. The number of carbonyl (C=O) groups is 2. The number of carboxylic acids is 1. The standard InChI is InChI=1S/C16H20FNO3/c1-11-9-12(5-6-13(11)17)18-14(19)10-16(15(20)21)7-3-2-4-8-16/h5-6,9H,2-4,7-8,10H2,1H3,(H,18,19)(H,20,21). The molecule has 0 heterocycles. The number of aryl methyl sites for hydroxylation is 1. The van der Waals surface area contributed by atoms with E-state index in [-0.39, 0.29) is 18.1 Å². The van der Waals surface area contributed by atoms with Gasteiger partial charge in [0, 0.05) is 12.1 Å². The van der Waals surface area contributed by atoms with Crippen LogP contribution in [-0.4, -0.2) is 17.0 Å². The molecule has 21 heavy (non-hydrogen) atoms. The molecule has 0 atom stereocenters. The number of amides is 1. The van der Waals surface area contributed by atoms with E-state index in [1.807, 2.05) is 0 Å². The molecule has 0 bridgehead atoms. The van der Waals surface area contributed by atoms with Gasteiger partial charge in [0.2, 0.25) is 5.91 Å². The minimum Gasteiger partial charge on any atom is -0.481 e. The third kappa shape index (κ3) is 3.60. The highest BCUT2D eigenvalue weighted by Gasteiger charge is 2.41. The van der Waals surface area contributed by atoms with Crippen LogP contribution in [0.1, 0.15) is 44.1 Å². The van der Waals surface area contributed by atoms with Crippen molar-refractivity contribution in [3.05, 3.63) is 29.6 Å². The molecule has 1 amide bonds. The van der Waals surface area contributed by atoms with Gasteiger partial charge in [0.1, 0.15) is 5.82 Å². The van der Waals surface area contributed by atoms with E-state index in [1.165, 1.54) is 12.1 Å². The maximum Gasteiger partial charge on any atom is 0.310 e. The van der Waals surface area contributed by atoms with Crippen molar-refractivity contribution in [3.63, 3.8) is 0 Å². The summed E-state index contributed by atoms with van der Waals surface area (Å²) in [5.41, 5.74) is -0.00844. The van der Waals surface area contributed by atoms with Crippen molar-refractivity contribution >= 4 is 17.6 Å². The highest BCUT2D eigenvalue weighted by molar-refractivity contribution is 5.94. The number of anilines is 1. The molecular formula is C16H20FNO3. The first kappa shape index (κ1) is 15.5. The monoisotopic (exact) mass is 293 g/mol. The molecule has 0 unspecified atom stereocenters. The molecule has 1 aliphatic rings. The van der Waals surface area contributed by atoms with E-state index in [2.05, 4.69) is 5.32 Å². The third-order valence-electron chi connectivity index (χ3n) is 4.20. The molecule has 5 heteroatoms. The fraction of sp³-hybridized carbons (Fsp3) is 0.500. The Morgan fingerprint density at radius 3 is 2.52 bits per heavy atom. The lowest BCUT2D eigenvalue weighted by molar-refractivity contribution is -0.153. The van der Waals surface area contributed by atoms with Crippen LogP contribution < -0.4 is 5.32 Å². The number of hydrogen-bond donors (Lipinski definition) is 2. The maximum atomic E-state index is 13.2. The minimum absolute atomic E-state index is 0.0290. The van der Waals surface area contributed by atoms with Crippen LogP contribution in [0.4, 0.5) is 10.1 Å². The van der Waals surface area contributed by atoms with Crippen molar-refractivity contribution < 1.29 is 19.1 Å². The van der Waals surface area contributed by atoms with Crippen LogP contribution in [0.15, 0.2) is 18.2 Å². The molecule has 0 aromatic heterocycles. The molecule has 2 rings (SSSR count). The second-order valence-corrected chi connectivity index (χ2v) is 5.84. The molecule has 1 aromatic rings. The molecule has 0 radical (unpaired) electrons. The van der Waals surface area contributed by atoms with Gasteiger partial charge in [-0.3, -0.25) is 9.59 Å². The summed E-state index contributed by atoms with van der Waals surface area (Å²) in [7, 11) is 0. The Kier molecular flexibility index (Phi) is 4.60. The first-order valence-electron chi connectivity index (χ1n) is 7.22. The van der Waals surface area contributed by atoms with Crippen LogP contribution in [0.5, 0.6) is 0 Å². The summed E-state index contributed by atoms with van der Waals surface area (Å²) in [4.78, 5) is 23.7. The Morgan fingerprint density at radius 2 is 1.95 bits per heavy atom. The summed E-state index contributed by atoms with van der Waals surface area (Å²) in [6.45, 7) is 1.62. The Morgan fingerprint density at radius 1 is 1.29 bits per heavy atom. The van der Waals surface area contributed by atoms with Gasteiger partial charge in [-0.25, -0.2) is 4.39 Å². The number of aliphatic carboxylic acids is 1. The lowest BCUT2D eigenvalue weighted by atomic mass is 9.71. The number of rotatable bonds is 4. The molecule has 1 aliphatic carbocycles. The number of nitrogens with one attached hydrogen (secondary N) is 1. The van der Waals surface area contributed by atoms with Crippen molar-refractivity contribution in [2.75, 3.05) is 5.32 Å². The molecule has 1 aromatic carbocycles. The van der Waals surface area contributed by atoms with Crippen molar-refractivity contribution in [3.8, 4) is 0 Å². The van der Waals surface area contributed by atoms with E-state index in [0.29, 0.717) is 24.1 Å². The number of carbonyl (C=O) groups excluding carboxylic acids is 1. The van der Waals surface area contributed by atoms with E-state index >= 15 is 0 Å².